The van der Waals surface area contributed by atoms with Crippen molar-refractivity contribution in [2.75, 3.05) is 26.2 Å². The number of fused-ring (bicyclic) bond motifs is 1. The molecular weight excluding hydrogens is 346 g/mol. The first kappa shape index (κ1) is 19.4. The molecule has 0 unspecified atom stereocenters. The van der Waals surface area contributed by atoms with Crippen LogP contribution in [0.3, 0.4) is 0 Å². The van der Waals surface area contributed by atoms with E-state index in [4.69, 9.17) is 0 Å². The first-order chi connectivity index (χ1) is 12.7. The number of piperazine rings is 1. The molecule has 0 saturated carbocycles. The van der Waals surface area contributed by atoms with E-state index in [9.17, 15) is 14.4 Å². The monoisotopic (exact) mass is 375 g/mol. The Balaban J connectivity index is 1.84. The summed E-state index contributed by atoms with van der Waals surface area (Å²) in [7, 11) is 0. The first-order valence-corrected chi connectivity index (χ1v) is 9.64. The second-order valence-electron chi connectivity index (χ2n) is 8.34. The van der Waals surface area contributed by atoms with Crippen LogP contribution in [0.5, 0.6) is 0 Å². The molecule has 0 spiro atoms. The van der Waals surface area contributed by atoms with Gasteiger partial charge in [0.05, 0.1) is 5.69 Å². The molecule has 3 heterocycles. The van der Waals surface area contributed by atoms with E-state index in [0.29, 0.717) is 44.2 Å². The smallest absolute Gasteiger partial charge is 0.287 e. The molecule has 2 aliphatic heterocycles. The number of carbonyl (C=O) groups is 3. The summed E-state index contributed by atoms with van der Waals surface area (Å²) in [6.07, 6.45) is 2.72. The molecule has 2 aliphatic rings. The largest absolute Gasteiger partial charge is 0.345 e. The van der Waals surface area contributed by atoms with E-state index in [2.05, 4.69) is 10.3 Å². The third-order valence-electron chi connectivity index (χ3n) is 5.02. The highest BCUT2D eigenvalue weighted by Crippen LogP contribution is 2.23. The van der Waals surface area contributed by atoms with Crippen molar-refractivity contribution in [3.63, 3.8) is 0 Å². The average Bonchev–Trinajstić information content (AvgIpc) is 2.99. The fourth-order valence-corrected chi connectivity index (χ4v) is 3.66. The van der Waals surface area contributed by atoms with Crippen LogP contribution >= 0.6 is 0 Å². The van der Waals surface area contributed by atoms with Gasteiger partial charge in [0.1, 0.15) is 5.69 Å². The quantitative estimate of drug-likeness (QED) is 0.837. The second-order valence-corrected chi connectivity index (χ2v) is 8.34. The van der Waals surface area contributed by atoms with Gasteiger partial charge in [0, 0.05) is 45.2 Å². The summed E-state index contributed by atoms with van der Waals surface area (Å²) in [4.78, 5) is 45.2. The molecule has 8 heteroatoms. The summed E-state index contributed by atoms with van der Waals surface area (Å²) in [5.41, 5.74) is 0.884. The van der Waals surface area contributed by atoms with Crippen molar-refractivity contribution in [2.45, 2.75) is 59.0 Å². The zero-order chi connectivity index (χ0) is 19.8. The maximum Gasteiger partial charge on any atom is 0.287 e. The van der Waals surface area contributed by atoms with E-state index >= 15 is 0 Å². The van der Waals surface area contributed by atoms with Crippen LogP contribution in [0.2, 0.25) is 0 Å². The Morgan fingerprint density at radius 2 is 1.59 bits per heavy atom. The molecule has 3 rings (SSSR count). The summed E-state index contributed by atoms with van der Waals surface area (Å²) >= 11 is 0. The van der Waals surface area contributed by atoms with Crippen LogP contribution in [0.15, 0.2) is 0 Å². The van der Waals surface area contributed by atoms with Gasteiger partial charge in [0.25, 0.3) is 11.8 Å². The minimum Gasteiger partial charge on any atom is -0.345 e. The number of amides is 3. The Morgan fingerprint density at radius 1 is 0.963 bits per heavy atom. The predicted octanol–water partition coefficient (Wildman–Crippen LogP) is 1.05. The molecule has 0 bridgehead atoms. The van der Waals surface area contributed by atoms with Crippen LogP contribution in [0.1, 0.15) is 67.3 Å². The van der Waals surface area contributed by atoms with E-state index in [0.717, 1.165) is 25.0 Å². The number of rotatable bonds is 2. The average molecular weight is 375 g/mol. The summed E-state index contributed by atoms with van der Waals surface area (Å²) in [6, 6.07) is 0. The van der Waals surface area contributed by atoms with E-state index in [1.165, 1.54) is 0 Å². The normalized spacial score (nSPS) is 17.5. The molecule has 1 saturated heterocycles. The van der Waals surface area contributed by atoms with Crippen LogP contribution in [-0.4, -0.2) is 68.8 Å². The zero-order valence-corrected chi connectivity index (χ0v) is 16.7. The third-order valence-corrected chi connectivity index (χ3v) is 5.02. The minimum absolute atomic E-state index is 0.0302. The van der Waals surface area contributed by atoms with Crippen LogP contribution in [0.4, 0.5) is 0 Å². The molecule has 0 aromatic carbocycles. The highest BCUT2D eigenvalue weighted by molar-refractivity contribution is 5.97. The van der Waals surface area contributed by atoms with Crippen LogP contribution in [-0.2, 0) is 17.8 Å². The lowest BCUT2D eigenvalue weighted by molar-refractivity contribution is -0.130. The summed E-state index contributed by atoms with van der Waals surface area (Å²) in [5.74, 6) is -0.0299. The number of nitrogens with one attached hydrogen (secondary N) is 1. The van der Waals surface area contributed by atoms with Gasteiger partial charge in [-0.2, -0.15) is 0 Å². The molecule has 0 aliphatic carbocycles. The van der Waals surface area contributed by atoms with Gasteiger partial charge in [-0.3, -0.25) is 14.4 Å². The molecule has 0 radical (unpaired) electrons. The lowest BCUT2D eigenvalue weighted by Crippen LogP contribution is -2.50. The Hall–Kier alpha value is -2.38. The molecular formula is C19H29N5O3. The number of imidazole rings is 1. The number of aromatic nitrogens is 2. The Morgan fingerprint density at radius 3 is 2.19 bits per heavy atom. The van der Waals surface area contributed by atoms with Crippen molar-refractivity contribution in [3.8, 4) is 0 Å². The maximum atomic E-state index is 13.1. The van der Waals surface area contributed by atoms with Gasteiger partial charge in [-0.05, 0) is 40.0 Å². The van der Waals surface area contributed by atoms with Gasteiger partial charge >= 0.3 is 0 Å². The van der Waals surface area contributed by atoms with Crippen molar-refractivity contribution >= 4 is 17.7 Å². The lowest BCUT2D eigenvalue weighted by atomic mass is 10.1. The second kappa shape index (κ2) is 7.32. The van der Waals surface area contributed by atoms with Gasteiger partial charge in [-0.1, -0.05) is 0 Å². The summed E-state index contributed by atoms with van der Waals surface area (Å²) in [6.45, 7) is 10.1. The predicted molar refractivity (Wildman–Crippen MR) is 101 cm³/mol. The molecule has 8 nitrogen and oxygen atoms in total. The van der Waals surface area contributed by atoms with Crippen molar-refractivity contribution in [3.05, 3.63) is 17.2 Å². The molecule has 27 heavy (non-hydrogen) atoms. The van der Waals surface area contributed by atoms with Crippen molar-refractivity contribution < 1.29 is 14.4 Å². The molecule has 1 aromatic rings. The van der Waals surface area contributed by atoms with Crippen molar-refractivity contribution in [2.24, 2.45) is 0 Å². The molecule has 3 amide bonds. The number of hydrogen-bond acceptors (Lipinski definition) is 4. The maximum absolute atomic E-state index is 13.1. The molecule has 0 atom stereocenters. The zero-order valence-electron chi connectivity index (χ0n) is 16.7. The minimum atomic E-state index is -0.370. The van der Waals surface area contributed by atoms with Gasteiger partial charge in [0.15, 0.2) is 5.82 Å². The van der Waals surface area contributed by atoms with Crippen molar-refractivity contribution in [1.29, 1.82) is 0 Å². The third kappa shape index (κ3) is 4.14. The molecule has 1 fully saturated rings. The van der Waals surface area contributed by atoms with Gasteiger partial charge in [-0.25, -0.2) is 4.98 Å². The Bertz CT molecular complexity index is 754. The van der Waals surface area contributed by atoms with E-state index < -0.39 is 0 Å². The SMILES string of the molecule is CC(=O)N1CCN(C(=O)c2nc(C(=O)NC(C)(C)C)n3c2CCCC3)CC1. The van der Waals surface area contributed by atoms with Crippen LogP contribution < -0.4 is 5.32 Å². The highest BCUT2D eigenvalue weighted by Gasteiger charge is 2.32. The summed E-state index contributed by atoms with van der Waals surface area (Å²) in [5, 5.41) is 2.94. The van der Waals surface area contributed by atoms with Crippen LogP contribution in [0, 0.1) is 0 Å². The van der Waals surface area contributed by atoms with Gasteiger partial charge < -0.3 is 19.7 Å². The Kier molecular flexibility index (Phi) is 5.26. The van der Waals surface area contributed by atoms with Gasteiger partial charge in [0.2, 0.25) is 5.91 Å². The van der Waals surface area contributed by atoms with E-state index in [1.807, 2.05) is 25.3 Å². The summed E-state index contributed by atoms with van der Waals surface area (Å²) < 4.78 is 1.91. The topological polar surface area (TPSA) is 87.5 Å². The first-order valence-electron chi connectivity index (χ1n) is 9.64. The number of hydrogen-bond donors (Lipinski definition) is 1. The number of carbonyl (C=O) groups excluding carboxylic acids is 3. The fourth-order valence-electron chi connectivity index (χ4n) is 3.66. The van der Waals surface area contributed by atoms with E-state index in [1.54, 1.807) is 16.7 Å². The van der Waals surface area contributed by atoms with Gasteiger partial charge in [-0.15, -0.1) is 0 Å². The number of nitrogens with zero attached hydrogens (tertiary/aromatic N) is 4. The molecule has 1 aromatic heterocycles. The Labute approximate surface area is 159 Å². The van der Waals surface area contributed by atoms with Crippen molar-refractivity contribution in [1.82, 2.24) is 24.7 Å². The fraction of sp³-hybridized carbons (Fsp3) is 0.684. The van der Waals surface area contributed by atoms with E-state index in [-0.39, 0.29) is 23.3 Å². The highest BCUT2D eigenvalue weighted by atomic mass is 16.2. The molecule has 148 valence electrons. The molecule has 1 N–H and O–H groups in total. The standard InChI is InChI=1S/C19H29N5O3/c1-13(25)22-9-11-23(12-10-22)18(27)15-14-7-5-6-8-24(14)16(20-15)17(26)21-19(2,3)4/h5-12H2,1-4H3,(H,21,26). The lowest BCUT2D eigenvalue weighted by Gasteiger charge is -2.34. The van der Waals surface area contributed by atoms with Crippen LogP contribution in [0.25, 0.3) is 0 Å².